The second kappa shape index (κ2) is 2.13. The molecule has 0 aromatic heterocycles. The third-order valence-corrected chi connectivity index (χ3v) is 3.18. The summed E-state index contributed by atoms with van der Waals surface area (Å²) in [6, 6.07) is 0. The first-order chi connectivity index (χ1) is 5.86. The molecule has 1 aliphatic carbocycles. The van der Waals surface area contributed by atoms with Crippen molar-refractivity contribution in [3.63, 3.8) is 0 Å². The maximum atomic E-state index is 5.50. The number of ether oxygens (including phenoxy) is 2. The molecule has 0 bridgehead atoms. The molecule has 2 heteroatoms. The fraction of sp³-hybridized carbons (Fsp3) is 0.600. The van der Waals surface area contributed by atoms with Gasteiger partial charge >= 0.3 is 0 Å². The number of rotatable bonds is 0. The van der Waals surface area contributed by atoms with Crippen molar-refractivity contribution < 1.29 is 9.47 Å². The number of hydrogen-bond acceptors (Lipinski definition) is 2. The fourth-order valence-corrected chi connectivity index (χ4v) is 2.48. The van der Waals surface area contributed by atoms with Crippen LogP contribution in [0.5, 0.6) is 0 Å². The lowest BCUT2D eigenvalue weighted by Gasteiger charge is -2.28. The van der Waals surface area contributed by atoms with Crippen molar-refractivity contribution in [2.45, 2.75) is 19.6 Å². The van der Waals surface area contributed by atoms with Crippen LogP contribution in [0.15, 0.2) is 23.5 Å². The summed E-state index contributed by atoms with van der Waals surface area (Å²) in [7, 11) is 0. The van der Waals surface area contributed by atoms with Gasteiger partial charge in [0.25, 0.3) is 0 Å². The van der Waals surface area contributed by atoms with Gasteiger partial charge in [-0.15, -0.1) is 0 Å². The molecule has 3 aliphatic rings. The third-order valence-electron chi connectivity index (χ3n) is 3.18. The largest absolute Gasteiger partial charge is 0.472 e. The van der Waals surface area contributed by atoms with Crippen LogP contribution in [0.25, 0.3) is 0 Å². The number of hydrogen-bond donors (Lipinski definition) is 0. The highest BCUT2D eigenvalue weighted by molar-refractivity contribution is 5.27. The Balaban J connectivity index is 2.03. The predicted molar refractivity (Wildman–Crippen MR) is 44.3 cm³/mol. The Morgan fingerprint density at radius 2 is 2.42 bits per heavy atom. The molecule has 64 valence electrons. The van der Waals surface area contributed by atoms with E-state index in [1.165, 1.54) is 17.6 Å². The first-order valence-corrected chi connectivity index (χ1v) is 4.49. The highest BCUT2D eigenvalue weighted by Crippen LogP contribution is 2.46. The maximum absolute atomic E-state index is 5.50. The molecule has 1 saturated heterocycles. The van der Waals surface area contributed by atoms with Gasteiger partial charge in [0, 0.05) is 0 Å². The molecule has 3 rings (SSSR count). The van der Waals surface area contributed by atoms with Crippen LogP contribution in [0.3, 0.4) is 0 Å². The average molecular weight is 164 g/mol. The SMILES string of the molecule is CC1=CO[C@H]2OCC3=CC[C@H]1[C@@H]32. The molecular weight excluding hydrogens is 152 g/mol. The van der Waals surface area contributed by atoms with Gasteiger partial charge in [-0.3, -0.25) is 0 Å². The molecule has 2 heterocycles. The molecule has 0 saturated carbocycles. The molecule has 0 aromatic carbocycles. The van der Waals surface area contributed by atoms with E-state index in [9.17, 15) is 0 Å². The second-order valence-electron chi connectivity index (χ2n) is 3.82. The minimum Gasteiger partial charge on any atom is -0.472 e. The summed E-state index contributed by atoms with van der Waals surface area (Å²) >= 11 is 0. The van der Waals surface area contributed by atoms with E-state index in [2.05, 4.69) is 13.0 Å². The third kappa shape index (κ3) is 0.686. The highest BCUT2D eigenvalue weighted by Gasteiger charge is 2.45. The van der Waals surface area contributed by atoms with Crippen LogP contribution >= 0.6 is 0 Å². The summed E-state index contributed by atoms with van der Waals surface area (Å²) in [4.78, 5) is 0. The Bertz CT molecular complexity index is 278. The van der Waals surface area contributed by atoms with Gasteiger partial charge in [-0.05, 0) is 30.4 Å². The molecule has 0 unspecified atom stereocenters. The zero-order valence-electron chi connectivity index (χ0n) is 7.12. The lowest BCUT2D eigenvalue weighted by molar-refractivity contribution is -0.108. The quantitative estimate of drug-likeness (QED) is 0.508. The van der Waals surface area contributed by atoms with Crippen LogP contribution in [-0.2, 0) is 9.47 Å². The van der Waals surface area contributed by atoms with Gasteiger partial charge in [0.2, 0.25) is 6.29 Å². The zero-order valence-corrected chi connectivity index (χ0v) is 7.12. The van der Waals surface area contributed by atoms with Gasteiger partial charge in [0.15, 0.2) is 0 Å². The molecule has 2 nitrogen and oxygen atoms in total. The summed E-state index contributed by atoms with van der Waals surface area (Å²) in [6.45, 7) is 2.93. The van der Waals surface area contributed by atoms with E-state index in [0.717, 1.165) is 6.61 Å². The molecule has 1 fully saturated rings. The van der Waals surface area contributed by atoms with Crippen molar-refractivity contribution >= 4 is 0 Å². The van der Waals surface area contributed by atoms with E-state index >= 15 is 0 Å². The van der Waals surface area contributed by atoms with Crippen LogP contribution < -0.4 is 0 Å². The summed E-state index contributed by atoms with van der Waals surface area (Å²) in [6.07, 6.45) is 5.40. The molecule has 3 atom stereocenters. The normalized spacial score (nSPS) is 43.2. The first kappa shape index (κ1) is 6.72. The van der Waals surface area contributed by atoms with E-state index < -0.39 is 0 Å². The Labute approximate surface area is 71.9 Å². The van der Waals surface area contributed by atoms with E-state index in [1.54, 1.807) is 0 Å². The van der Waals surface area contributed by atoms with E-state index in [-0.39, 0.29) is 6.29 Å². The van der Waals surface area contributed by atoms with Gasteiger partial charge in [0.05, 0.1) is 18.8 Å². The van der Waals surface area contributed by atoms with Gasteiger partial charge in [-0.1, -0.05) is 6.08 Å². The lowest BCUT2D eigenvalue weighted by Crippen LogP contribution is -2.28. The summed E-state index contributed by atoms with van der Waals surface area (Å²) < 4.78 is 11.0. The van der Waals surface area contributed by atoms with Gasteiger partial charge in [-0.2, -0.15) is 0 Å². The monoisotopic (exact) mass is 164 g/mol. The number of allylic oxidation sites excluding steroid dienone is 2. The van der Waals surface area contributed by atoms with Crippen LogP contribution in [0.1, 0.15) is 13.3 Å². The Hall–Kier alpha value is -0.760. The Morgan fingerprint density at radius 1 is 1.50 bits per heavy atom. The van der Waals surface area contributed by atoms with Gasteiger partial charge < -0.3 is 9.47 Å². The van der Waals surface area contributed by atoms with Crippen LogP contribution in [0.2, 0.25) is 0 Å². The van der Waals surface area contributed by atoms with Crippen molar-refractivity contribution in [1.29, 1.82) is 0 Å². The van der Waals surface area contributed by atoms with E-state index in [4.69, 9.17) is 9.47 Å². The minimum absolute atomic E-state index is 0.0208. The smallest absolute Gasteiger partial charge is 0.206 e. The second-order valence-corrected chi connectivity index (χ2v) is 3.82. The molecule has 2 aliphatic heterocycles. The fourth-order valence-electron chi connectivity index (χ4n) is 2.48. The Morgan fingerprint density at radius 3 is 3.33 bits per heavy atom. The van der Waals surface area contributed by atoms with Crippen molar-refractivity contribution in [3.8, 4) is 0 Å². The van der Waals surface area contributed by atoms with Gasteiger partial charge in [0.1, 0.15) is 0 Å². The topological polar surface area (TPSA) is 18.5 Å². The molecule has 0 amide bonds. The minimum atomic E-state index is 0.0208. The van der Waals surface area contributed by atoms with Crippen LogP contribution in [0.4, 0.5) is 0 Å². The van der Waals surface area contributed by atoms with Crippen molar-refractivity contribution in [2.75, 3.05) is 6.61 Å². The van der Waals surface area contributed by atoms with Crippen molar-refractivity contribution in [2.24, 2.45) is 11.8 Å². The highest BCUT2D eigenvalue weighted by atomic mass is 16.7. The summed E-state index contributed by atoms with van der Waals surface area (Å²) in [5, 5.41) is 0. The predicted octanol–water partition coefficient (Wildman–Crippen LogP) is 1.84. The lowest BCUT2D eigenvalue weighted by atomic mass is 9.86. The maximum Gasteiger partial charge on any atom is 0.206 e. The zero-order chi connectivity index (χ0) is 8.13. The Kier molecular flexibility index (Phi) is 1.20. The molecular formula is C10H12O2. The molecule has 0 aromatic rings. The van der Waals surface area contributed by atoms with E-state index in [0.29, 0.717) is 11.8 Å². The first-order valence-electron chi connectivity index (χ1n) is 4.49. The van der Waals surface area contributed by atoms with Gasteiger partial charge in [-0.25, -0.2) is 0 Å². The molecule has 12 heavy (non-hydrogen) atoms. The summed E-state index contributed by atoms with van der Waals surface area (Å²) in [5.41, 5.74) is 2.82. The van der Waals surface area contributed by atoms with Crippen molar-refractivity contribution in [1.82, 2.24) is 0 Å². The molecule has 0 spiro atoms. The standard InChI is InChI=1S/C10H12O2/c1-6-4-11-10-9-7(5-12-10)2-3-8(6)9/h2,4,8-10H,3,5H2,1H3/t8-,9-,10+/m1/s1. The van der Waals surface area contributed by atoms with Crippen LogP contribution in [0, 0.1) is 11.8 Å². The van der Waals surface area contributed by atoms with E-state index in [1.807, 2.05) is 6.26 Å². The molecule has 0 radical (unpaired) electrons. The average Bonchev–Trinajstić information content (AvgIpc) is 2.61. The van der Waals surface area contributed by atoms with Crippen molar-refractivity contribution in [3.05, 3.63) is 23.5 Å². The van der Waals surface area contributed by atoms with Crippen LogP contribution in [-0.4, -0.2) is 12.9 Å². The molecule has 0 N–H and O–H groups in total. The summed E-state index contributed by atoms with van der Waals surface area (Å²) in [5.74, 6) is 1.20.